The number of hydrogen-bond acceptors (Lipinski definition) is 1. The summed E-state index contributed by atoms with van der Waals surface area (Å²) < 4.78 is 0. The fourth-order valence-corrected chi connectivity index (χ4v) is 3.90. The van der Waals surface area contributed by atoms with Crippen molar-refractivity contribution < 1.29 is 0 Å². The van der Waals surface area contributed by atoms with Gasteiger partial charge in [-0.1, -0.05) is 58.3 Å². The van der Waals surface area contributed by atoms with E-state index < -0.39 is 0 Å². The molecular weight excluding hydrogens is 218 g/mol. The zero-order valence-corrected chi connectivity index (χ0v) is 12.4. The average molecular weight is 251 g/mol. The first-order chi connectivity index (χ1) is 8.73. The minimum absolute atomic E-state index is 0.219. The Kier molecular flexibility index (Phi) is 5.54. The van der Waals surface area contributed by atoms with Gasteiger partial charge in [-0.15, -0.1) is 0 Å². The van der Waals surface area contributed by atoms with Crippen LogP contribution < -0.4 is 5.73 Å². The van der Waals surface area contributed by atoms with Crippen LogP contribution in [0.2, 0.25) is 0 Å². The van der Waals surface area contributed by atoms with Gasteiger partial charge < -0.3 is 5.73 Å². The van der Waals surface area contributed by atoms with E-state index in [0.29, 0.717) is 0 Å². The second-order valence-corrected chi connectivity index (χ2v) is 7.07. The summed E-state index contributed by atoms with van der Waals surface area (Å²) in [6.45, 7) is 2.29. The molecule has 0 aliphatic heterocycles. The van der Waals surface area contributed by atoms with Crippen LogP contribution in [0.25, 0.3) is 0 Å². The van der Waals surface area contributed by atoms with Gasteiger partial charge in [0.05, 0.1) is 0 Å². The molecule has 2 unspecified atom stereocenters. The predicted octanol–water partition coefficient (Wildman–Crippen LogP) is 5.03. The molecule has 2 aliphatic rings. The zero-order valence-electron chi connectivity index (χ0n) is 12.4. The number of unbranched alkanes of at least 4 members (excludes halogenated alkanes) is 5. The number of nitrogens with two attached hydrogens (primary N) is 1. The lowest BCUT2D eigenvalue weighted by molar-refractivity contribution is 0.191. The van der Waals surface area contributed by atoms with E-state index in [0.717, 1.165) is 11.8 Å². The van der Waals surface area contributed by atoms with Crippen LogP contribution in [0, 0.1) is 11.8 Å². The largest absolute Gasteiger partial charge is 0.325 e. The van der Waals surface area contributed by atoms with Gasteiger partial charge in [0, 0.05) is 5.54 Å². The van der Waals surface area contributed by atoms with Gasteiger partial charge in [-0.2, -0.15) is 0 Å². The third-order valence-electron chi connectivity index (χ3n) is 5.24. The monoisotopic (exact) mass is 251 g/mol. The summed E-state index contributed by atoms with van der Waals surface area (Å²) >= 11 is 0. The summed E-state index contributed by atoms with van der Waals surface area (Å²) in [6.07, 6.45) is 18.2. The van der Waals surface area contributed by atoms with Crippen molar-refractivity contribution in [3.8, 4) is 0 Å². The fraction of sp³-hybridized carbons (Fsp3) is 1.00. The fourth-order valence-electron chi connectivity index (χ4n) is 3.90. The van der Waals surface area contributed by atoms with E-state index in [9.17, 15) is 0 Å². The molecular formula is C17H33N. The average Bonchev–Trinajstić information content (AvgIpc) is 3.18. The highest BCUT2D eigenvalue weighted by atomic mass is 14.7. The first-order valence-corrected chi connectivity index (χ1v) is 8.52. The van der Waals surface area contributed by atoms with Crippen molar-refractivity contribution in [2.45, 2.75) is 95.9 Å². The molecule has 1 heteroatoms. The van der Waals surface area contributed by atoms with Crippen molar-refractivity contribution in [2.24, 2.45) is 17.6 Å². The van der Waals surface area contributed by atoms with Gasteiger partial charge in [0.1, 0.15) is 0 Å². The molecule has 0 spiro atoms. The molecule has 0 radical (unpaired) electrons. The molecule has 2 fully saturated rings. The summed E-state index contributed by atoms with van der Waals surface area (Å²) in [7, 11) is 0. The van der Waals surface area contributed by atoms with Crippen LogP contribution in [0.1, 0.15) is 90.4 Å². The first kappa shape index (κ1) is 14.4. The van der Waals surface area contributed by atoms with E-state index in [1.54, 1.807) is 0 Å². The van der Waals surface area contributed by atoms with Crippen molar-refractivity contribution in [2.75, 3.05) is 0 Å². The predicted molar refractivity (Wildman–Crippen MR) is 79.6 cm³/mol. The Morgan fingerprint density at radius 2 is 1.67 bits per heavy atom. The third kappa shape index (κ3) is 4.57. The molecule has 2 saturated carbocycles. The van der Waals surface area contributed by atoms with Crippen LogP contribution in [-0.4, -0.2) is 5.54 Å². The Balaban J connectivity index is 1.60. The van der Waals surface area contributed by atoms with Crippen LogP contribution in [0.15, 0.2) is 0 Å². The van der Waals surface area contributed by atoms with Crippen molar-refractivity contribution in [3.05, 3.63) is 0 Å². The highest BCUT2D eigenvalue weighted by Crippen LogP contribution is 2.46. The van der Waals surface area contributed by atoms with Crippen LogP contribution in [0.5, 0.6) is 0 Å². The Labute approximate surface area is 114 Å². The van der Waals surface area contributed by atoms with E-state index >= 15 is 0 Å². The van der Waals surface area contributed by atoms with Gasteiger partial charge in [0.25, 0.3) is 0 Å². The van der Waals surface area contributed by atoms with Crippen molar-refractivity contribution >= 4 is 0 Å². The Bertz CT molecular complexity index is 234. The molecule has 2 atom stereocenters. The van der Waals surface area contributed by atoms with E-state index in [2.05, 4.69) is 6.92 Å². The highest BCUT2D eigenvalue weighted by Gasteiger charge is 2.39. The number of rotatable bonds is 8. The Morgan fingerprint density at radius 1 is 0.944 bits per heavy atom. The van der Waals surface area contributed by atoms with Gasteiger partial charge in [-0.05, 0) is 43.9 Å². The van der Waals surface area contributed by atoms with E-state index in [1.165, 1.54) is 83.5 Å². The molecule has 0 amide bonds. The smallest absolute Gasteiger partial charge is 0.0157 e. The summed E-state index contributed by atoms with van der Waals surface area (Å²) in [5, 5.41) is 0. The highest BCUT2D eigenvalue weighted by molar-refractivity contribution is 4.95. The van der Waals surface area contributed by atoms with Crippen LogP contribution in [-0.2, 0) is 0 Å². The normalized spacial score (nSPS) is 32.7. The summed E-state index contributed by atoms with van der Waals surface area (Å²) in [5.74, 6) is 2.06. The molecule has 1 nitrogen and oxygen atoms in total. The van der Waals surface area contributed by atoms with Crippen molar-refractivity contribution in [1.82, 2.24) is 0 Å². The van der Waals surface area contributed by atoms with Gasteiger partial charge in [-0.25, -0.2) is 0 Å². The molecule has 2 aliphatic carbocycles. The molecule has 2 rings (SSSR count). The van der Waals surface area contributed by atoms with Gasteiger partial charge in [-0.3, -0.25) is 0 Å². The molecule has 2 N–H and O–H groups in total. The topological polar surface area (TPSA) is 26.0 Å². The first-order valence-electron chi connectivity index (χ1n) is 8.52. The lowest BCUT2D eigenvalue weighted by Crippen LogP contribution is -2.44. The van der Waals surface area contributed by atoms with Crippen LogP contribution in [0.4, 0.5) is 0 Å². The standard InChI is InChI=1S/C17H33N/c1-2-3-4-5-6-7-12-17(18)13-8-9-16(14-17)15-10-11-15/h15-16H,2-14,18H2,1H3. The third-order valence-corrected chi connectivity index (χ3v) is 5.24. The van der Waals surface area contributed by atoms with Crippen molar-refractivity contribution in [3.63, 3.8) is 0 Å². The molecule has 0 aromatic heterocycles. The quantitative estimate of drug-likeness (QED) is 0.601. The van der Waals surface area contributed by atoms with Gasteiger partial charge in [0.15, 0.2) is 0 Å². The molecule has 0 aromatic carbocycles. The lowest BCUT2D eigenvalue weighted by Gasteiger charge is -2.38. The van der Waals surface area contributed by atoms with Gasteiger partial charge in [0.2, 0.25) is 0 Å². The second-order valence-electron chi connectivity index (χ2n) is 7.07. The maximum atomic E-state index is 6.66. The molecule has 106 valence electrons. The van der Waals surface area contributed by atoms with Crippen LogP contribution >= 0.6 is 0 Å². The maximum absolute atomic E-state index is 6.66. The minimum atomic E-state index is 0.219. The van der Waals surface area contributed by atoms with Crippen molar-refractivity contribution in [1.29, 1.82) is 0 Å². The molecule has 0 saturated heterocycles. The zero-order chi connectivity index (χ0) is 12.8. The van der Waals surface area contributed by atoms with Gasteiger partial charge >= 0.3 is 0 Å². The van der Waals surface area contributed by atoms with E-state index in [1.807, 2.05) is 0 Å². The molecule has 0 heterocycles. The van der Waals surface area contributed by atoms with E-state index in [-0.39, 0.29) is 5.54 Å². The number of hydrogen-bond donors (Lipinski definition) is 1. The maximum Gasteiger partial charge on any atom is 0.0157 e. The molecule has 0 aromatic rings. The SMILES string of the molecule is CCCCCCCCC1(N)CCCC(C2CC2)C1. The summed E-state index contributed by atoms with van der Waals surface area (Å²) in [5.41, 5.74) is 6.87. The van der Waals surface area contributed by atoms with Crippen LogP contribution in [0.3, 0.4) is 0 Å². The molecule has 18 heavy (non-hydrogen) atoms. The Hall–Kier alpha value is -0.0400. The second kappa shape index (κ2) is 6.93. The Morgan fingerprint density at radius 3 is 2.39 bits per heavy atom. The minimum Gasteiger partial charge on any atom is -0.325 e. The summed E-state index contributed by atoms with van der Waals surface area (Å²) in [6, 6.07) is 0. The summed E-state index contributed by atoms with van der Waals surface area (Å²) in [4.78, 5) is 0. The lowest BCUT2D eigenvalue weighted by atomic mass is 9.72. The van der Waals surface area contributed by atoms with E-state index in [4.69, 9.17) is 5.73 Å². The molecule has 0 bridgehead atoms.